The molecule has 0 aliphatic rings. The summed E-state index contributed by atoms with van der Waals surface area (Å²) in [6.45, 7) is 2.20. The molecule has 0 bridgehead atoms. The van der Waals surface area contributed by atoms with Gasteiger partial charge in [0.05, 0.1) is 18.5 Å². The first-order valence-corrected chi connectivity index (χ1v) is 7.24. The lowest BCUT2D eigenvalue weighted by atomic mass is 10.3. The maximum atomic E-state index is 12.2. The first-order chi connectivity index (χ1) is 10.2. The van der Waals surface area contributed by atoms with Crippen molar-refractivity contribution in [1.82, 2.24) is 15.3 Å². The summed E-state index contributed by atoms with van der Waals surface area (Å²) in [6.07, 6.45) is 5.03. The molecule has 0 spiro atoms. The van der Waals surface area contributed by atoms with Gasteiger partial charge in [0.2, 0.25) is 0 Å². The van der Waals surface area contributed by atoms with E-state index in [1.54, 1.807) is 24.7 Å². The normalized spacial score (nSPS) is 10.5. The van der Waals surface area contributed by atoms with Crippen molar-refractivity contribution in [3.8, 4) is 10.6 Å². The maximum Gasteiger partial charge on any atom is 0.263 e. The van der Waals surface area contributed by atoms with E-state index in [9.17, 15) is 4.79 Å². The van der Waals surface area contributed by atoms with Crippen molar-refractivity contribution in [2.45, 2.75) is 13.5 Å². The number of nitrogens with one attached hydrogen (secondary N) is 1. The second kappa shape index (κ2) is 5.88. The van der Waals surface area contributed by atoms with Crippen LogP contribution in [0.5, 0.6) is 0 Å². The van der Waals surface area contributed by atoms with E-state index < -0.39 is 0 Å². The summed E-state index contributed by atoms with van der Waals surface area (Å²) in [4.78, 5) is 21.3. The smallest absolute Gasteiger partial charge is 0.263 e. The van der Waals surface area contributed by atoms with Gasteiger partial charge in [0.25, 0.3) is 5.91 Å². The number of nitrogens with zero attached hydrogens (tertiary/aromatic N) is 2. The number of thiazole rings is 1. The number of aryl methyl sites for hydroxylation is 1. The van der Waals surface area contributed by atoms with Gasteiger partial charge in [-0.1, -0.05) is 0 Å². The van der Waals surface area contributed by atoms with Crippen LogP contribution in [0.4, 0.5) is 0 Å². The molecule has 106 valence electrons. The van der Waals surface area contributed by atoms with Crippen LogP contribution in [0.15, 0.2) is 47.3 Å². The van der Waals surface area contributed by atoms with E-state index in [2.05, 4.69) is 15.3 Å². The summed E-state index contributed by atoms with van der Waals surface area (Å²) >= 11 is 1.36. The van der Waals surface area contributed by atoms with Gasteiger partial charge in [-0.3, -0.25) is 9.78 Å². The SMILES string of the molecule is Cc1nc(-c2cccnc2)sc1C(=O)NCc1ccco1. The van der Waals surface area contributed by atoms with Gasteiger partial charge in [-0.25, -0.2) is 4.98 Å². The second-order valence-electron chi connectivity index (χ2n) is 4.44. The topological polar surface area (TPSA) is 68.0 Å². The van der Waals surface area contributed by atoms with Crippen LogP contribution in [0.2, 0.25) is 0 Å². The molecule has 5 nitrogen and oxygen atoms in total. The van der Waals surface area contributed by atoms with E-state index in [-0.39, 0.29) is 5.91 Å². The van der Waals surface area contributed by atoms with Crippen LogP contribution in [0.25, 0.3) is 10.6 Å². The average Bonchev–Trinajstić information content (AvgIpc) is 3.15. The Bertz CT molecular complexity index is 736. The van der Waals surface area contributed by atoms with Gasteiger partial charge >= 0.3 is 0 Å². The molecule has 0 aliphatic carbocycles. The summed E-state index contributed by atoms with van der Waals surface area (Å²) < 4.78 is 5.19. The van der Waals surface area contributed by atoms with Gasteiger partial charge in [0, 0.05) is 18.0 Å². The zero-order valence-corrected chi connectivity index (χ0v) is 12.2. The van der Waals surface area contributed by atoms with Crippen LogP contribution in [0.1, 0.15) is 21.1 Å². The molecule has 0 fully saturated rings. The van der Waals surface area contributed by atoms with E-state index in [0.29, 0.717) is 11.4 Å². The lowest BCUT2D eigenvalue weighted by Crippen LogP contribution is -2.22. The summed E-state index contributed by atoms with van der Waals surface area (Å²) in [5, 5.41) is 3.62. The van der Waals surface area contributed by atoms with E-state index in [0.717, 1.165) is 22.0 Å². The number of rotatable bonds is 4. The van der Waals surface area contributed by atoms with Crippen molar-refractivity contribution < 1.29 is 9.21 Å². The summed E-state index contributed by atoms with van der Waals surface area (Å²) in [5.41, 5.74) is 1.63. The third-order valence-corrected chi connectivity index (χ3v) is 4.12. The first-order valence-electron chi connectivity index (χ1n) is 6.42. The van der Waals surface area contributed by atoms with Gasteiger partial charge in [-0.2, -0.15) is 0 Å². The van der Waals surface area contributed by atoms with Crippen LogP contribution >= 0.6 is 11.3 Å². The Morgan fingerprint density at radius 1 is 1.38 bits per heavy atom. The van der Waals surface area contributed by atoms with Crippen LogP contribution in [0.3, 0.4) is 0 Å². The largest absolute Gasteiger partial charge is 0.467 e. The number of carbonyl (C=O) groups excluding carboxylic acids is 1. The van der Waals surface area contributed by atoms with Crippen molar-refractivity contribution in [2.75, 3.05) is 0 Å². The van der Waals surface area contributed by atoms with E-state index in [1.807, 2.05) is 25.1 Å². The Morgan fingerprint density at radius 3 is 3.00 bits per heavy atom. The molecule has 0 unspecified atom stereocenters. The quantitative estimate of drug-likeness (QED) is 0.804. The molecule has 0 atom stereocenters. The average molecular weight is 299 g/mol. The molecule has 1 N–H and O–H groups in total. The molecule has 6 heteroatoms. The fourth-order valence-corrected chi connectivity index (χ4v) is 2.85. The fourth-order valence-electron chi connectivity index (χ4n) is 1.88. The van der Waals surface area contributed by atoms with Gasteiger partial charge in [-0.15, -0.1) is 11.3 Å². The zero-order valence-electron chi connectivity index (χ0n) is 11.4. The molecular formula is C15H13N3O2S. The molecule has 0 aliphatic heterocycles. The summed E-state index contributed by atoms with van der Waals surface area (Å²) in [5.74, 6) is 0.578. The first kappa shape index (κ1) is 13.5. The monoisotopic (exact) mass is 299 g/mol. The molecule has 0 aromatic carbocycles. The number of pyridine rings is 1. The van der Waals surface area contributed by atoms with Crippen LogP contribution < -0.4 is 5.32 Å². The van der Waals surface area contributed by atoms with Crippen molar-refractivity contribution >= 4 is 17.2 Å². The van der Waals surface area contributed by atoms with Gasteiger partial charge in [0.15, 0.2) is 0 Å². The third kappa shape index (κ3) is 3.00. The Hall–Kier alpha value is -2.47. The predicted molar refractivity (Wildman–Crippen MR) is 80.0 cm³/mol. The number of hydrogen-bond donors (Lipinski definition) is 1. The zero-order chi connectivity index (χ0) is 14.7. The maximum absolute atomic E-state index is 12.2. The third-order valence-electron chi connectivity index (χ3n) is 2.91. The number of aromatic nitrogens is 2. The van der Waals surface area contributed by atoms with Crippen LogP contribution in [0, 0.1) is 6.92 Å². The van der Waals surface area contributed by atoms with Gasteiger partial charge in [0.1, 0.15) is 15.6 Å². The highest BCUT2D eigenvalue weighted by molar-refractivity contribution is 7.17. The molecule has 3 aromatic heterocycles. The molecule has 0 saturated carbocycles. The van der Waals surface area contributed by atoms with Crippen LogP contribution in [-0.2, 0) is 6.54 Å². The standard InChI is InChI=1S/C15H13N3O2S/c1-10-13(14(19)17-9-12-5-3-7-20-12)21-15(18-10)11-4-2-6-16-8-11/h2-8H,9H2,1H3,(H,17,19). The number of carbonyl (C=O) groups is 1. The van der Waals surface area contributed by atoms with Gasteiger partial charge in [-0.05, 0) is 31.2 Å². The van der Waals surface area contributed by atoms with Crippen molar-refractivity contribution in [3.05, 3.63) is 59.3 Å². The Labute approximate surface area is 125 Å². The van der Waals surface area contributed by atoms with Crippen molar-refractivity contribution in [2.24, 2.45) is 0 Å². The summed E-state index contributed by atoms with van der Waals surface area (Å²) in [6, 6.07) is 7.39. The fraction of sp³-hybridized carbons (Fsp3) is 0.133. The Morgan fingerprint density at radius 2 is 2.29 bits per heavy atom. The molecule has 1 amide bonds. The lowest BCUT2D eigenvalue weighted by Gasteiger charge is -2.01. The number of hydrogen-bond acceptors (Lipinski definition) is 5. The Kier molecular flexibility index (Phi) is 3.79. The molecule has 0 saturated heterocycles. The molecule has 0 radical (unpaired) electrons. The minimum atomic E-state index is -0.142. The van der Waals surface area contributed by atoms with Gasteiger partial charge < -0.3 is 9.73 Å². The highest BCUT2D eigenvalue weighted by atomic mass is 32.1. The lowest BCUT2D eigenvalue weighted by molar-refractivity contribution is 0.0951. The molecular weight excluding hydrogens is 286 g/mol. The van der Waals surface area contributed by atoms with Crippen molar-refractivity contribution in [1.29, 1.82) is 0 Å². The number of furan rings is 1. The van der Waals surface area contributed by atoms with Crippen molar-refractivity contribution in [3.63, 3.8) is 0 Å². The predicted octanol–water partition coefficient (Wildman–Crippen LogP) is 3.04. The molecule has 3 heterocycles. The highest BCUT2D eigenvalue weighted by Crippen LogP contribution is 2.27. The summed E-state index contributed by atoms with van der Waals surface area (Å²) in [7, 11) is 0. The van der Waals surface area contributed by atoms with E-state index in [1.165, 1.54) is 11.3 Å². The second-order valence-corrected chi connectivity index (χ2v) is 5.44. The minimum absolute atomic E-state index is 0.142. The van der Waals surface area contributed by atoms with Crippen LogP contribution in [-0.4, -0.2) is 15.9 Å². The van der Waals surface area contributed by atoms with E-state index >= 15 is 0 Å². The Balaban J connectivity index is 1.76. The molecule has 21 heavy (non-hydrogen) atoms. The molecule has 3 rings (SSSR count). The molecule has 3 aromatic rings. The minimum Gasteiger partial charge on any atom is -0.467 e. The van der Waals surface area contributed by atoms with E-state index in [4.69, 9.17) is 4.42 Å². The highest BCUT2D eigenvalue weighted by Gasteiger charge is 2.16. The number of amides is 1.